The average Bonchev–Trinajstić information content (AvgIpc) is 3.06. The number of pyridine rings is 2. The molecule has 0 atom stereocenters. The highest BCUT2D eigenvalue weighted by Crippen LogP contribution is 2.21. The molecule has 0 aromatic carbocycles. The van der Waals surface area contributed by atoms with Crippen LogP contribution in [0.15, 0.2) is 42.7 Å². The Balaban J connectivity index is 1.35. The standard InChI is InChI=1S/C24H34N6O/c1-19(2)28-14-9-21(10-15-28)29-12-5-13-30(17-16-29)23-8-3-7-22(27-23)24(31)26-20-6-4-11-25-18-20/h3-4,6-8,11,18-19,21H,5,9-10,12-17H2,1-2H3,(H,26,31). The van der Waals surface area contributed by atoms with E-state index in [1.807, 2.05) is 18.2 Å². The normalized spacial score (nSPS) is 19.4. The van der Waals surface area contributed by atoms with Gasteiger partial charge in [0.2, 0.25) is 0 Å². The van der Waals surface area contributed by atoms with Crippen LogP contribution in [0.25, 0.3) is 0 Å². The first-order valence-corrected chi connectivity index (χ1v) is 11.5. The molecule has 2 fully saturated rings. The Morgan fingerprint density at radius 1 is 1.03 bits per heavy atom. The molecular weight excluding hydrogens is 388 g/mol. The summed E-state index contributed by atoms with van der Waals surface area (Å²) in [6.45, 7) is 11.1. The highest BCUT2D eigenvalue weighted by Gasteiger charge is 2.27. The molecule has 7 heteroatoms. The van der Waals surface area contributed by atoms with E-state index in [1.54, 1.807) is 24.5 Å². The van der Waals surface area contributed by atoms with Crippen LogP contribution >= 0.6 is 0 Å². The van der Waals surface area contributed by atoms with E-state index in [-0.39, 0.29) is 5.91 Å². The maximum atomic E-state index is 12.6. The molecule has 4 rings (SSSR count). The maximum absolute atomic E-state index is 12.6. The molecule has 2 saturated heterocycles. The molecule has 1 N–H and O–H groups in total. The summed E-state index contributed by atoms with van der Waals surface area (Å²) in [5.74, 6) is 0.679. The summed E-state index contributed by atoms with van der Waals surface area (Å²) in [6.07, 6.45) is 6.97. The molecule has 0 unspecified atom stereocenters. The third-order valence-electron chi connectivity index (χ3n) is 6.49. The highest BCUT2D eigenvalue weighted by molar-refractivity contribution is 6.02. The van der Waals surface area contributed by atoms with Gasteiger partial charge in [0.05, 0.1) is 11.9 Å². The van der Waals surface area contributed by atoms with Crippen molar-refractivity contribution in [2.75, 3.05) is 49.5 Å². The lowest BCUT2D eigenvalue weighted by Gasteiger charge is -2.39. The second kappa shape index (κ2) is 10.2. The van der Waals surface area contributed by atoms with E-state index in [4.69, 9.17) is 0 Å². The number of amides is 1. The fourth-order valence-electron chi connectivity index (χ4n) is 4.66. The molecule has 2 aromatic heterocycles. The van der Waals surface area contributed by atoms with Crippen molar-refractivity contribution in [2.24, 2.45) is 0 Å². The van der Waals surface area contributed by atoms with Crippen LogP contribution in [0, 0.1) is 0 Å². The molecule has 7 nitrogen and oxygen atoms in total. The van der Waals surface area contributed by atoms with E-state index in [9.17, 15) is 4.79 Å². The van der Waals surface area contributed by atoms with Crippen LogP contribution in [0.3, 0.4) is 0 Å². The number of piperidine rings is 1. The number of carbonyl (C=O) groups excluding carboxylic acids is 1. The third kappa shape index (κ3) is 5.60. The van der Waals surface area contributed by atoms with Gasteiger partial charge < -0.3 is 15.1 Å². The zero-order valence-corrected chi connectivity index (χ0v) is 18.7. The van der Waals surface area contributed by atoms with Crippen molar-refractivity contribution in [3.05, 3.63) is 48.4 Å². The fraction of sp³-hybridized carbons (Fsp3) is 0.542. The van der Waals surface area contributed by atoms with E-state index in [2.05, 4.69) is 43.8 Å². The Hall–Kier alpha value is -2.51. The Morgan fingerprint density at radius 2 is 1.87 bits per heavy atom. The monoisotopic (exact) mass is 422 g/mol. The van der Waals surface area contributed by atoms with Gasteiger partial charge in [0, 0.05) is 44.5 Å². The Bertz CT molecular complexity index is 850. The van der Waals surface area contributed by atoms with Gasteiger partial charge >= 0.3 is 0 Å². The summed E-state index contributed by atoms with van der Waals surface area (Å²) in [5.41, 5.74) is 1.11. The van der Waals surface area contributed by atoms with Crippen LogP contribution in [0.5, 0.6) is 0 Å². The van der Waals surface area contributed by atoms with Gasteiger partial charge in [-0.15, -0.1) is 0 Å². The first-order chi connectivity index (χ1) is 15.1. The molecule has 2 aliphatic heterocycles. The van der Waals surface area contributed by atoms with Crippen molar-refractivity contribution in [1.29, 1.82) is 0 Å². The van der Waals surface area contributed by atoms with Gasteiger partial charge in [0.15, 0.2) is 0 Å². The highest BCUT2D eigenvalue weighted by atomic mass is 16.1. The quantitative estimate of drug-likeness (QED) is 0.799. The van der Waals surface area contributed by atoms with E-state index in [0.717, 1.165) is 38.4 Å². The largest absolute Gasteiger partial charge is 0.355 e. The van der Waals surface area contributed by atoms with E-state index < -0.39 is 0 Å². The zero-order chi connectivity index (χ0) is 21.6. The van der Waals surface area contributed by atoms with Gasteiger partial charge in [-0.25, -0.2) is 4.98 Å². The Morgan fingerprint density at radius 3 is 2.61 bits per heavy atom. The number of rotatable bonds is 5. The first-order valence-electron chi connectivity index (χ1n) is 11.5. The van der Waals surface area contributed by atoms with Crippen LogP contribution in [0.1, 0.15) is 43.6 Å². The molecule has 0 aliphatic carbocycles. The van der Waals surface area contributed by atoms with Gasteiger partial charge in [-0.05, 0) is 70.5 Å². The van der Waals surface area contributed by atoms with Crippen molar-refractivity contribution < 1.29 is 4.79 Å². The lowest BCUT2D eigenvalue weighted by Crippen LogP contribution is -2.47. The predicted molar refractivity (Wildman–Crippen MR) is 125 cm³/mol. The topological polar surface area (TPSA) is 64.6 Å². The van der Waals surface area contributed by atoms with Gasteiger partial charge in [0.1, 0.15) is 11.5 Å². The molecule has 4 heterocycles. The summed E-state index contributed by atoms with van der Waals surface area (Å²) in [5, 5.41) is 2.87. The summed E-state index contributed by atoms with van der Waals surface area (Å²) < 4.78 is 0. The summed E-state index contributed by atoms with van der Waals surface area (Å²) in [7, 11) is 0. The summed E-state index contributed by atoms with van der Waals surface area (Å²) in [4.78, 5) is 28.9. The van der Waals surface area contributed by atoms with Gasteiger partial charge in [-0.2, -0.15) is 0 Å². The number of hydrogen-bond donors (Lipinski definition) is 1. The minimum Gasteiger partial charge on any atom is -0.355 e. The third-order valence-corrected chi connectivity index (χ3v) is 6.49. The summed E-state index contributed by atoms with van der Waals surface area (Å²) in [6, 6.07) is 10.7. The minimum absolute atomic E-state index is 0.205. The fourth-order valence-corrected chi connectivity index (χ4v) is 4.66. The molecule has 0 radical (unpaired) electrons. The van der Waals surface area contributed by atoms with Crippen LogP contribution in [0.4, 0.5) is 11.5 Å². The number of carbonyl (C=O) groups is 1. The van der Waals surface area contributed by atoms with Crippen molar-refractivity contribution in [1.82, 2.24) is 19.8 Å². The molecule has 31 heavy (non-hydrogen) atoms. The minimum atomic E-state index is -0.205. The van der Waals surface area contributed by atoms with E-state index in [1.165, 1.54) is 25.9 Å². The number of nitrogens with one attached hydrogen (secondary N) is 1. The van der Waals surface area contributed by atoms with E-state index >= 15 is 0 Å². The average molecular weight is 423 g/mol. The number of likely N-dealkylation sites (tertiary alicyclic amines) is 1. The molecule has 0 saturated carbocycles. The molecule has 166 valence electrons. The lowest BCUT2D eigenvalue weighted by molar-refractivity contribution is 0.0965. The molecular formula is C24H34N6O. The number of aromatic nitrogens is 2. The summed E-state index contributed by atoms with van der Waals surface area (Å²) >= 11 is 0. The number of nitrogens with zero attached hydrogens (tertiary/aromatic N) is 5. The Kier molecular flexibility index (Phi) is 7.14. The van der Waals surface area contributed by atoms with Crippen LogP contribution in [-0.2, 0) is 0 Å². The van der Waals surface area contributed by atoms with Crippen LogP contribution in [-0.4, -0.2) is 77.0 Å². The Labute approximate surface area is 185 Å². The van der Waals surface area contributed by atoms with Crippen molar-refractivity contribution in [3.63, 3.8) is 0 Å². The first kappa shape index (κ1) is 21.7. The van der Waals surface area contributed by atoms with Crippen molar-refractivity contribution in [3.8, 4) is 0 Å². The second-order valence-electron chi connectivity index (χ2n) is 8.81. The van der Waals surface area contributed by atoms with Crippen LogP contribution < -0.4 is 10.2 Å². The van der Waals surface area contributed by atoms with Crippen molar-refractivity contribution in [2.45, 2.75) is 45.2 Å². The van der Waals surface area contributed by atoms with Gasteiger partial charge in [0.25, 0.3) is 5.91 Å². The molecule has 2 aromatic rings. The van der Waals surface area contributed by atoms with E-state index in [0.29, 0.717) is 23.5 Å². The van der Waals surface area contributed by atoms with Gasteiger partial charge in [-0.1, -0.05) is 6.07 Å². The van der Waals surface area contributed by atoms with Crippen LogP contribution in [0.2, 0.25) is 0 Å². The predicted octanol–water partition coefficient (Wildman–Crippen LogP) is 3.11. The smallest absolute Gasteiger partial charge is 0.274 e. The van der Waals surface area contributed by atoms with Crippen molar-refractivity contribution >= 4 is 17.4 Å². The second-order valence-corrected chi connectivity index (χ2v) is 8.81. The number of anilines is 2. The molecule has 0 bridgehead atoms. The molecule has 0 spiro atoms. The zero-order valence-electron chi connectivity index (χ0n) is 18.7. The SMILES string of the molecule is CC(C)N1CCC(N2CCCN(c3cccc(C(=O)Nc4cccnc4)n3)CC2)CC1. The maximum Gasteiger partial charge on any atom is 0.274 e. The number of hydrogen-bond acceptors (Lipinski definition) is 6. The molecule has 2 aliphatic rings. The molecule has 1 amide bonds. The van der Waals surface area contributed by atoms with Gasteiger partial charge in [-0.3, -0.25) is 14.7 Å². The lowest BCUT2D eigenvalue weighted by atomic mass is 10.0.